The predicted octanol–water partition coefficient (Wildman–Crippen LogP) is 4.15. The maximum Gasteiger partial charge on any atom is 0.458 e. The number of hydrogen-bond acceptors (Lipinski definition) is 2. The first-order chi connectivity index (χ1) is 8.63. The van der Waals surface area contributed by atoms with Crippen LogP contribution in [0.4, 0.5) is 0 Å². The van der Waals surface area contributed by atoms with E-state index in [4.69, 9.17) is 9.31 Å². The summed E-state index contributed by atoms with van der Waals surface area (Å²) in [7, 11) is 0.00273. The minimum absolute atomic E-state index is 0.00273. The lowest BCUT2D eigenvalue weighted by Crippen LogP contribution is -2.53. The molecule has 3 saturated carbocycles. The maximum atomic E-state index is 6.18. The van der Waals surface area contributed by atoms with Gasteiger partial charge < -0.3 is 9.31 Å². The van der Waals surface area contributed by atoms with Gasteiger partial charge in [0, 0.05) is 0 Å². The lowest BCUT2D eigenvalue weighted by Gasteiger charge is -2.60. The SMILES string of the molecule is CC1(C)C2CC[C@H](CB3OC(C)(C)C(C)(C)O3)C1C2. The molecular weight excluding hydrogens is 235 g/mol. The van der Waals surface area contributed by atoms with E-state index in [-0.39, 0.29) is 18.3 Å². The molecule has 1 heterocycles. The average molecular weight is 264 g/mol. The van der Waals surface area contributed by atoms with Crippen molar-refractivity contribution in [2.75, 3.05) is 0 Å². The standard InChI is InChI=1S/C16H29BO2/c1-14(2)12-8-7-11(13(14)9-12)10-17-18-15(3,4)16(5,6)19-17/h11-13H,7-10H2,1-6H3/t11-,12?,13?/m1/s1. The van der Waals surface area contributed by atoms with Gasteiger partial charge in [0.25, 0.3) is 0 Å². The second-order valence-corrected chi connectivity index (χ2v) is 8.62. The maximum absolute atomic E-state index is 6.18. The fourth-order valence-corrected chi connectivity index (χ4v) is 4.55. The summed E-state index contributed by atoms with van der Waals surface area (Å²) in [5, 5.41) is 0. The van der Waals surface area contributed by atoms with E-state index < -0.39 is 0 Å². The van der Waals surface area contributed by atoms with Crippen molar-refractivity contribution in [1.82, 2.24) is 0 Å². The summed E-state index contributed by atoms with van der Waals surface area (Å²) in [6.07, 6.45) is 5.32. The molecule has 2 unspecified atom stereocenters. The molecule has 0 N–H and O–H groups in total. The first-order valence-electron chi connectivity index (χ1n) is 7.99. The Labute approximate surface area is 118 Å². The third kappa shape index (κ3) is 2.00. The molecule has 3 aliphatic carbocycles. The summed E-state index contributed by atoms with van der Waals surface area (Å²) in [5.41, 5.74) is 0.209. The van der Waals surface area contributed by atoms with Gasteiger partial charge in [0.2, 0.25) is 0 Å². The number of rotatable bonds is 2. The van der Waals surface area contributed by atoms with Gasteiger partial charge in [0.1, 0.15) is 0 Å². The van der Waals surface area contributed by atoms with Gasteiger partial charge in [-0.3, -0.25) is 0 Å². The van der Waals surface area contributed by atoms with Crippen molar-refractivity contribution in [3.8, 4) is 0 Å². The minimum atomic E-state index is -0.177. The van der Waals surface area contributed by atoms with Crippen molar-refractivity contribution in [3.05, 3.63) is 0 Å². The highest BCUT2D eigenvalue weighted by Crippen LogP contribution is 2.62. The fraction of sp³-hybridized carbons (Fsp3) is 1.00. The van der Waals surface area contributed by atoms with E-state index in [1.54, 1.807) is 0 Å². The van der Waals surface area contributed by atoms with Gasteiger partial charge in [-0.05, 0) is 70.0 Å². The molecule has 2 nitrogen and oxygen atoms in total. The van der Waals surface area contributed by atoms with Gasteiger partial charge in [-0.1, -0.05) is 20.3 Å². The van der Waals surface area contributed by atoms with Crippen LogP contribution in [0.25, 0.3) is 0 Å². The van der Waals surface area contributed by atoms with Gasteiger partial charge in [-0.2, -0.15) is 0 Å². The Morgan fingerprint density at radius 2 is 1.53 bits per heavy atom. The summed E-state index contributed by atoms with van der Waals surface area (Å²) >= 11 is 0. The summed E-state index contributed by atoms with van der Waals surface area (Å²) in [6, 6.07) is 0. The quantitative estimate of drug-likeness (QED) is 0.697. The molecule has 1 aliphatic heterocycles. The van der Waals surface area contributed by atoms with Gasteiger partial charge in [-0.15, -0.1) is 0 Å². The molecule has 0 spiro atoms. The Balaban J connectivity index is 1.64. The largest absolute Gasteiger partial charge is 0.458 e. The number of hydrogen-bond donors (Lipinski definition) is 0. The van der Waals surface area contributed by atoms with Crippen LogP contribution in [0.15, 0.2) is 0 Å². The molecule has 2 bridgehead atoms. The molecule has 3 heteroatoms. The Bertz CT molecular complexity index is 357. The molecule has 0 aromatic rings. The zero-order valence-corrected chi connectivity index (χ0v) is 13.5. The van der Waals surface area contributed by atoms with Crippen molar-refractivity contribution in [1.29, 1.82) is 0 Å². The average Bonchev–Trinajstić information content (AvgIpc) is 2.46. The molecule has 108 valence electrons. The van der Waals surface area contributed by atoms with E-state index in [1.807, 2.05) is 0 Å². The molecule has 0 radical (unpaired) electrons. The summed E-state index contributed by atoms with van der Waals surface area (Å²) in [5.74, 6) is 2.67. The predicted molar refractivity (Wildman–Crippen MR) is 79.0 cm³/mol. The van der Waals surface area contributed by atoms with E-state index >= 15 is 0 Å². The molecule has 0 aromatic heterocycles. The Morgan fingerprint density at radius 3 is 2.00 bits per heavy atom. The van der Waals surface area contributed by atoms with Gasteiger partial charge in [0.05, 0.1) is 11.2 Å². The molecule has 19 heavy (non-hydrogen) atoms. The number of fused-ring (bicyclic) bond motifs is 2. The van der Waals surface area contributed by atoms with Crippen molar-refractivity contribution >= 4 is 7.12 Å². The molecule has 4 rings (SSSR count). The molecule has 4 aliphatic rings. The minimum Gasteiger partial charge on any atom is -0.403 e. The Hall–Kier alpha value is -0.0151. The van der Waals surface area contributed by atoms with E-state index in [0.717, 1.165) is 24.1 Å². The zero-order chi connectivity index (χ0) is 14.1. The van der Waals surface area contributed by atoms with Crippen LogP contribution in [0.1, 0.15) is 60.8 Å². The van der Waals surface area contributed by atoms with Crippen LogP contribution in [0, 0.1) is 23.2 Å². The topological polar surface area (TPSA) is 18.5 Å². The summed E-state index contributed by atoms with van der Waals surface area (Å²) in [6.45, 7) is 13.5. The van der Waals surface area contributed by atoms with Gasteiger partial charge >= 0.3 is 7.12 Å². The van der Waals surface area contributed by atoms with Crippen LogP contribution in [-0.2, 0) is 9.31 Å². The first kappa shape index (κ1) is 13.9. The Morgan fingerprint density at radius 1 is 0.947 bits per heavy atom. The van der Waals surface area contributed by atoms with Crippen LogP contribution in [0.2, 0.25) is 6.32 Å². The second-order valence-electron chi connectivity index (χ2n) is 8.62. The van der Waals surface area contributed by atoms with Crippen LogP contribution >= 0.6 is 0 Å². The highest BCUT2D eigenvalue weighted by atomic mass is 16.7. The van der Waals surface area contributed by atoms with Crippen molar-refractivity contribution in [2.45, 2.75) is 78.3 Å². The van der Waals surface area contributed by atoms with Crippen LogP contribution in [-0.4, -0.2) is 18.3 Å². The molecule has 3 atom stereocenters. The van der Waals surface area contributed by atoms with Crippen molar-refractivity contribution in [2.24, 2.45) is 23.2 Å². The summed E-state index contributed by atoms with van der Waals surface area (Å²) < 4.78 is 12.4. The van der Waals surface area contributed by atoms with Gasteiger partial charge in [0.15, 0.2) is 0 Å². The lowest BCUT2D eigenvalue weighted by molar-refractivity contribution is -0.100. The normalized spacial score (nSPS) is 42.0. The van der Waals surface area contributed by atoms with E-state index in [2.05, 4.69) is 41.5 Å². The highest BCUT2D eigenvalue weighted by Gasteiger charge is 2.57. The monoisotopic (exact) mass is 264 g/mol. The van der Waals surface area contributed by atoms with Crippen molar-refractivity contribution in [3.63, 3.8) is 0 Å². The third-order valence-electron chi connectivity index (χ3n) is 6.80. The van der Waals surface area contributed by atoms with Crippen LogP contribution in [0.3, 0.4) is 0 Å². The van der Waals surface area contributed by atoms with Crippen molar-refractivity contribution < 1.29 is 9.31 Å². The fourth-order valence-electron chi connectivity index (χ4n) is 4.55. The highest BCUT2D eigenvalue weighted by molar-refractivity contribution is 6.45. The smallest absolute Gasteiger partial charge is 0.403 e. The first-order valence-corrected chi connectivity index (χ1v) is 7.99. The zero-order valence-electron chi connectivity index (χ0n) is 13.5. The molecule has 0 aromatic carbocycles. The van der Waals surface area contributed by atoms with E-state index in [0.29, 0.717) is 5.41 Å². The Kier molecular flexibility index (Phi) is 2.94. The van der Waals surface area contributed by atoms with Crippen LogP contribution in [0.5, 0.6) is 0 Å². The van der Waals surface area contributed by atoms with E-state index in [1.165, 1.54) is 19.3 Å². The second kappa shape index (κ2) is 4.01. The molecule has 1 saturated heterocycles. The molecular formula is C16H29BO2. The molecule has 4 fully saturated rings. The summed E-state index contributed by atoms with van der Waals surface area (Å²) in [4.78, 5) is 0. The van der Waals surface area contributed by atoms with E-state index in [9.17, 15) is 0 Å². The van der Waals surface area contributed by atoms with Crippen LogP contribution < -0.4 is 0 Å². The lowest BCUT2D eigenvalue weighted by atomic mass is 9.43. The third-order valence-corrected chi connectivity index (χ3v) is 6.80. The van der Waals surface area contributed by atoms with Gasteiger partial charge in [-0.25, -0.2) is 0 Å². The molecule has 0 amide bonds.